The van der Waals surface area contributed by atoms with Crippen LogP contribution in [0.4, 0.5) is 0 Å². The number of thioether (sulfide) groups is 1. The van der Waals surface area contributed by atoms with Crippen LogP contribution in [0.2, 0.25) is 5.02 Å². The molecule has 2 fully saturated rings. The third kappa shape index (κ3) is 4.15. The molecular weight excluding hydrogens is 394 g/mol. The Morgan fingerprint density at radius 3 is 2.46 bits per heavy atom. The molecule has 4 rings (SSSR count). The van der Waals surface area contributed by atoms with Crippen LogP contribution in [0.1, 0.15) is 45.4 Å². The maximum Gasteiger partial charge on any atom is 0.233 e. The van der Waals surface area contributed by atoms with Gasteiger partial charge in [0.05, 0.1) is 10.8 Å². The van der Waals surface area contributed by atoms with Gasteiger partial charge in [0.1, 0.15) is 0 Å². The van der Waals surface area contributed by atoms with E-state index in [1.165, 1.54) is 29.3 Å². The standard InChI is InChI=1S/C20H26ClN5OS/c1-13-6-8-14(9-7-13)25(15-10-11-15)18(27)12-28-20-24-23-19(26(20)22)16-4-2-3-5-17(16)21/h2-5,13-15H,6-12,22H2,1H3. The second-order valence-corrected chi connectivity index (χ2v) is 9.24. The smallest absolute Gasteiger partial charge is 0.233 e. The van der Waals surface area contributed by atoms with E-state index in [-0.39, 0.29) is 5.91 Å². The zero-order valence-electron chi connectivity index (χ0n) is 16.1. The molecule has 28 heavy (non-hydrogen) atoms. The van der Waals surface area contributed by atoms with Crippen molar-refractivity contribution in [2.24, 2.45) is 5.92 Å². The predicted molar refractivity (Wildman–Crippen MR) is 113 cm³/mol. The second kappa shape index (κ2) is 8.33. The van der Waals surface area contributed by atoms with Gasteiger partial charge in [-0.15, -0.1) is 10.2 Å². The van der Waals surface area contributed by atoms with E-state index in [0.717, 1.165) is 37.2 Å². The Morgan fingerprint density at radius 1 is 1.18 bits per heavy atom. The van der Waals surface area contributed by atoms with Crippen molar-refractivity contribution in [3.63, 3.8) is 0 Å². The Kier molecular flexibility index (Phi) is 5.83. The van der Waals surface area contributed by atoms with Gasteiger partial charge in [-0.25, -0.2) is 4.68 Å². The molecule has 150 valence electrons. The molecular formula is C20H26ClN5OS. The Morgan fingerprint density at radius 2 is 1.82 bits per heavy atom. The maximum atomic E-state index is 13.0. The summed E-state index contributed by atoms with van der Waals surface area (Å²) < 4.78 is 1.42. The fourth-order valence-electron chi connectivity index (χ4n) is 3.98. The molecule has 0 unspecified atom stereocenters. The molecule has 6 nitrogen and oxygen atoms in total. The normalized spacial score (nSPS) is 22.2. The zero-order chi connectivity index (χ0) is 19.7. The molecule has 2 saturated carbocycles. The van der Waals surface area contributed by atoms with Crippen molar-refractivity contribution in [3.05, 3.63) is 29.3 Å². The molecule has 2 aliphatic rings. The van der Waals surface area contributed by atoms with Crippen LogP contribution in [0.15, 0.2) is 29.4 Å². The van der Waals surface area contributed by atoms with Gasteiger partial charge in [0.2, 0.25) is 11.1 Å². The lowest BCUT2D eigenvalue weighted by molar-refractivity contribution is -0.132. The highest BCUT2D eigenvalue weighted by Crippen LogP contribution is 2.36. The molecule has 0 spiro atoms. The Hall–Kier alpha value is -1.73. The molecule has 2 aromatic rings. The van der Waals surface area contributed by atoms with Crippen molar-refractivity contribution in [2.45, 2.75) is 62.7 Å². The molecule has 2 N–H and O–H groups in total. The van der Waals surface area contributed by atoms with E-state index in [0.29, 0.717) is 33.8 Å². The number of carbonyl (C=O) groups excluding carboxylic acids is 1. The number of nitrogens with zero attached hydrogens (tertiary/aromatic N) is 4. The van der Waals surface area contributed by atoms with Crippen molar-refractivity contribution < 1.29 is 4.79 Å². The van der Waals surface area contributed by atoms with Crippen LogP contribution in [0.25, 0.3) is 11.4 Å². The highest BCUT2D eigenvalue weighted by molar-refractivity contribution is 7.99. The third-order valence-electron chi connectivity index (χ3n) is 5.71. The largest absolute Gasteiger partial charge is 0.336 e. The van der Waals surface area contributed by atoms with Crippen LogP contribution >= 0.6 is 23.4 Å². The van der Waals surface area contributed by atoms with Gasteiger partial charge in [-0.1, -0.05) is 42.4 Å². The average Bonchev–Trinajstić information content (AvgIpc) is 3.45. The number of hydrogen-bond donors (Lipinski definition) is 1. The van der Waals surface area contributed by atoms with Crippen molar-refractivity contribution >= 4 is 29.3 Å². The van der Waals surface area contributed by atoms with E-state index in [1.807, 2.05) is 18.2 Å². The van der Waals surface area contributed by atoms with Crippen LogP contribution in [-0.2, 0) is 4.79 Å². The van der Waals surface area contributed by atoms with Crippen molar-refractivity contribution in [1.82, 2.24) is 19.8 Å². The topological polar surface area (TPSA) is 77.0 Å². The fraction of sp³-hybridized carbons (Fsp3) is 0.550. The molecule has 0 saturated heterocycles. The van der Waals surface area contributed by atoms with Gasteiger partial charge < -0.3 is 10.7 Å². The summed E-state index contributed by atoms with van der Waals surface area (Å²) in [6.45, 7) is 2.31. The summed E-state index contributed by atoms with van der Waals surface area (Å²) >= 11 is 7.59. The quantitative estimate of drug-likeness (QED) is 0.566. The van der Waals surface area contributed by atoms with Gasteiger partial charge in [0, 0.05) is 17.6 Å². The first-order chi connectivity index (χ1) is 13.5. The van der Waals surface area contributed by atoms with Gasteiger partial charge in [0.25, 0.3) is 0 Å². The number of halogens is 1. The molecule has 1 heterocycles. The molecule has 1 amide bonds. The summed E-state index contributed by atoms with van der Waals surface area (Å²) in [7, 11) is 0. The van der Waals surface area contributed by atoms with E-state index in [4.69, 9.17) is 17.4 Å². The van der Waals surface area contributed by atoms with E-state index < -0.39 is 0 Å². The average molecular weight is 420 g/mol. The summed E-state index contributed by atoms with van der Waals surface area (Å²) in [5.41, 5.74) is 0.730. The van der Waals surface area contributed by atoms with Crippen molar-refractivity contribution in [3.8, 4) is 11.4 Å². The Balaban J connectivity index is 1.42. The van der Waals surface area contributed by atoms with Gasteiger partial charge in [-0.3, -0.25) is 4.79 Å². The first-order valence-corrected chi connectivity index (χ1v) is 11.3. The van der Waals surface area contributed by atoms with Crippen LogP contribution in [0.3, 0.4) is 0 Å². The minimum Gasteiger partial charge on any atom is -0.336 e. The monoisotopic (exact) mass is 419 g/mol. The molecule has 1 aromatic carbocycles. The van der Waals surface area contributed by atoms with Crippen LogP contribution < -0.4 is 5.84 Å². The van der Waals surface area contributed by atoms with Crippen molar-refractivity contribution in [1.29, 1.82) is 0 Å². The lowest BCUT2D eigenvalue weighted by atomic mass is 9.86. The second-order valence-electron chi connectivity index (χ2n) is 7.89. The number of benzene rings is 1. The minimum absolute atomic E-state index is 0.189. The number of hydrogen-bond acceptors (Lipinski definition) is 5. The lowest BCUT2D eigenvalue weighted by Gasteiger charge is -2.36. The summed E-state index contributed by atoms with van der Waals surface area (Å²) in [6, 6.07) is 8.21. The Labute approximate surface area is 174 Å². The van der Waals surface area contributed by atoms with Crippen molar-refractivity contribution in [2.75, 3.05) is 11.6 Å². The number of aromatic nitrogens is 3. The summed E-state index contributed by atoms with van der Waals surface area (Å²) in [4.78, 5) is 15.2. The highest BCUT2D eigenvalue weighted by atomic mass is 35.5. The van der Waals surface area contributed by atoms with Crippen LogP contribution in [0, 0.1) is 5.92 Å². The van der Waals surface area contributed by atoms with Gasteiger partial charge >= 0.3 is 0 Å². The molecule has 0 radical (unpaired) electrons. The lowest BCUT2D eigenvalue weighted by Crippen LogP contribution is -2.44. The van der Waals surface area contributed by atoms with Gasteiger partial charge in [0.15, 0.2) is 5.82 Å². The fourth-order valence-corrected chi connectivity index (χ4v) is 4.93. The molecule has 2 aliphatic carbocycles. The van der Waals surface area contributed by atoms with E-state index in [1.54, 1.807) is 6.07 Å². The van der Waals surface area contributed by atoms with Crippen LogP contribution in [0.5, 0.6) is 0 Å². The SMILES string of the molecule is CC1CCC(N(C(=O)CSc2nnc(-c3ccccc3Cl)n2N)C2CC2)CC1. The first kappa shape index (κ1) is 19.6. The predicted octanol–water partition coefficient (Wildman–Crippen LogP) is 3.97. The number of nitrogen functional groups attached to an aromatic ring is 1. The summed E-state index contributed by atoms with van der Waals surface area (Å²) in [6.07, 6.45) is 6.94. The first-order valence-electron chi connectivity index (χ1n) is 9.94. The number of carbonyl (C=O) groups is 1. The number of rotatable bonds is 6. The third-order valence-corrected chi connectivity index (χ3v) is 6.97. The molecule has 0 aliphatic heterocycles. The van der Waals surface area contributed by atoms with Gasteiger partial charge in [-0.2, -0.15) is 0 Å². The Bertz CT molecular complexity index is 845. The summed E-state index contributed by atoms with van der Waals surface area (Å²) in [5.74, 6) is 7.99. The summed E-state index contributed by atoms with van der Waals surface area (Å²) in [5, 5.41) is 9.44. The maximum absolute atomic E-state index is 13.0. The highest BCUT2D eigenvalue weighted by Gasteiger charge is 2.38. The molecule has 8 heteroatoms. The minimum atomic E-state index is 0.189. The number of amides is 1. The number of nitrogens with two attached hydrogens (primary N) is 1. The zero-order valence-corrected chi connectivity index (χ0v) is 17.6. The van der Waals surface area contributed by atoms with Gasteiger partial charge in [-0.05, 0) is 56.6 Å². The van der Waals surface area contributed by atoms with E-state index >= 15 is 0 Å². The van der Waals surface area contributed by atoms with E-state index in [2.05, 4.69) is 22.0 Å². The van der Waals surface area contributed by atoms with Crippen LogP contribution in [-0.4, -0.2) is 43.5 Å². The molecule has 1 aromatic heterocycles. The van der Waals surface area contributed by atoms with E-state index in [9.17, 15) is 4.79 Å². The molecule has 0 atom stereocenters. The molecule has 0 bridgehead atoms.